The molecule has 1 aliphatic heterocycles. The summed E-state index contributed by atoms with van der Waals surface area (Å²) < 4.78 is 25.0. The van der Waals surface area contributed by atoms with Crippen LogP contribution in [-0.2, 0) is 9.47 Å². The molecule has 0 bridgehead atoms. The molecule has 20 heavy (non-hydrogen) atoms. The standard InChI is InChI=1S/C16H24FNO2/c1-2-8-18-16(14-5-3-4-6-15(14)17)12-20-11-13-7-9-19-10-13/h3-6,13,16,18H,2,7-12H2,1H3. The van der Waals surface area contributed by atoms with Crippen molar-refractivity contribution in [3.05, 3.63) is 35.6 Å². The predicted octanol–water partition coefficient (Wildman–Crippen LogP) is 2.92. The van der Waals surface area contributed by atoms with E-state index in [2.05, 4.69) is 12.2 Å². The molecular formula is C16H24FNO2. The molecule has 3 nitrogen and oxygen atoms in total. The Morgan fingerprint density at radius 1 is 1.45 bits per heavy atom. The lowest BCUT2D eigenvalue weighted by molar-refractivity contribution is 0.0737. The maximum atomic E-state index is 13.9. The van der Waals surface area contributed by atoms with E-state index in [1.165, 1.54) is 6.07 Å². The summed E-state index contributed by atoms with van der Waals surface area (Å²) in [7, 11) is 0. The van der Waals surface area contributed by atoms with Gasteiger partial charge in [-0.05, 0) is 25.5 Å². The molecule has 0 aliphatic carbocycles. The molecule has 4 heteroatoms. The van der Waals surface area contributed by atoms with Crippen LogP contribution >= 0.6 is 0 Å². The molecule has 112 valence electrons. The predicted molar refractivity (Wildman–Crippen MR) is 77.2 cm³/mol. The lowest BCUT2D eigenvalue weighted by Gasteiger charge is -2.20. The average Bonchev–Trinajstić information content (AvgIpc) is 2.97. The first-order valence-electron chi connectivity index (χ1n) is 7.44. The molecule has 0 saturated carbocycles. The van der Waals surface area contributed by atoms with Crippen LogP contribution in [0.15, 0.2) is 24.3 Å². The zero-order valence-electron chi connectivity index (χ0n) is 12.1. The molecule has 1 heterocycles. The van der Waals surface area contributed by atoms with Gasteiger partial charge >= 0.3 is 0 Å². The molecule has 2 unspecified atom stereocenters. The first kappa shape index (κ1) is 15.4. The Morgan fingerprint density at radius 2 is 2.30 bits per heavy atom. The third-order valence-corrected chi connectivity index (χ3v) is 3.58. The Labute approximate surface area is 120 Å². The second kappa shape index (κ2) is 8.35. The van der Waals surface area contributed by atoms with E-state index in [1.807, 2.05) is 12.1 Å². The van der Waals surface area contributed by atoms with Gasteiger partial charge < -0.3 is 14.8 Å². The van der Waals surface area contributed by atoms with E-state index in [4.69, 9.17) is 9.47 Å². The van der Waals surface area contributed by atoms with Crippen molar-refractivity contribution >= 4 is 0 Å². The van der Waals surface area contributed by atoms with Gasteiger partial charge in [0.2, 0.25) is 0 Å². The number of ether oxygens (including phenoxy) is 2. The normalized spacial score (nSPS) is 20.2. The van der Waals surface area contributed by atoms with Crippen molar-refractivity contribution in [2.75, 3.05) is 33.0 Å². The zero-order chi connectivity index (χ0) is 14.2. The largest absolute Gasteiger partial charge is 0.381 e. The highest BCUT2D eigenvalue weighted by molar-refractivity contribution is 5.21. The summed E-state index contributed by atoms with van der Waals surface area (Å²) in [4.78, 5) is 0. The van der Waals surface area contributed by atoms with Crippen LogP contribution in [0, 0.1) is 11.7 Å². The Balaban J connectivity index is 1.87. The molecule has 0 aromatic heterocycles. The fourth-order valence-electron chi connectivity index (χ4n) is 2.40. The molecule has 1 aromatic carbocycles. The summed E-state index contributed by atoms with van der Waals surface area (Å²) in [5, 5.41) is 3.36. The summed E-state index contributed by atoms with van der Waals surface area (Å²) in [5.74, 6) is 0.316. The minimum absolute atomic E-state index is 0.0847. The highest BCUT2D eigenvalue weighted by Gasteiger charge is 2.18. The quantitative estimate of drug-likeness (QED) is 0.794. The summed E-state index contributed by atoms with van der Waals surface area (Å²) in [6.45, 7) is 5.76. The van der Waals surface area contributed by atoms with Crippen LogP contribution in [0.5, 0.6) is 0 Å². The van der Waals surface area contributed by atoms with Gasteiger partial charge in [-0.2, -0.15) is 0 Å². The maximum Gasteiger partial charge on any atom is 0.128 e. The van der Waals surface area contributed by atoms with Crippen molar-refractivity contribution in [1.29, 1.82) is 0 Å². The summed E-state index contributed by atoms with van der Waals surface area (Å²) in [5.41, 5.74) is 0.684. The molecule has 1 fully saturated rings. The van der Waals surface area contributed by atoms with E-state index in [1.54, 1.807) is 6.07 Å². The van der Waals surface area contributed by atoms with E-state index >= 15 is 0 Å². The van der Waals surface area contributed by atoms with Crippen molar-refractivity contribution in [3.8, 4) is 0 Å². The van der Waals surface area contributed by atoms with E-state index in [0.29, 0.717) is 24.7 Å². The number of rotatable bonds is 8. The van der Waals surface area contributed by atoms with Gasteiger partial charge in [-0.15, -0.1) is 0 Å². The lowest BCUT2D eigenvalue weighted by Crippen LogP contribution is -2.28. The average molecular weight is 281 g/mol. The number of hydrogen-bond donors (Lipinski definition) is 1. The van der Waals surface area contributed by atoms with E-state index in [9.17, 15) is 4.39 Å². The summed E-state index contributed by atoms with van der Waals surface area (Å²) in [6.07, 6.45) is 2.08. The fraction of sp³-hybridized carbons (Fsp3) is 0.625. The van der Waals surface area contributed by atoms with Gasteiger partial charge in [0.1, 0.15) is 5.82 Å². The van der Waals surface area contributed by atoms with Gasteiger partial charge in [0.15, 0.2) is 0 Å². The maximum absolute atomic E-state index is 13.9. The second-order valence-corrected chi connectivity index (χ2v) is 5.30. The van der Waals surface area contributed by atoms with Crippen LogP contribution in [-0.4, -0.2) is 33.0 Å². The monoisotopic (exact) mass is 281 g/mol. The minimum Gasteiger partial charge on any atom is -0.381 e. The molecule has 0 spiro atoms. The molecular weight excluding hydrogens is 257 g/mol. The third-order valence-electron chi connectivity index (χ3n) is 3.58. The summed E-state index contributed by atoms with van der Waals surface area (Å²) >= 11 is 0. The topological polar surface area (TPSA) is 30.5 Å². The number of halogens is 1. The Hall–Kier alpha value is -0.970. The number of benzene rings is 1. The van der Waals surface area contributed by atoms with Gasteiger partial charge in [0.05, 0.1) is 25.9 Å². The third kappa shape index (κ3) is 4.54. The molecule has 1 saturated heterocycles. The Bertz CT molecular complexity index is 394. The molecule has 2 rings (SSSR count). The van der Waals surface area contributed by atoms with Crippen LogP contribution in [0.4, 0.5) is 4.39 Å². The first-order chi connectivity index (χ1) is 9.81. The van der Waals surface area contributed by atoms with Gasteiger partial charge in [-0.3, -0.25) is 0 Å². The molecule has 0 amide bonds. The van der Waals surface area contributed by atoms with E-state index in [0.717, 1.165) is 32.6 Å². The van der Waals surface area contributed by atoms with Crippen LogP contribution in [0.1, 0.15) is 31.4 Å². The first-order valence-corrected chi connectivity index (χ1v) is 7.44. The van der Waals surface area contributed by atoms with Gasteiger partial charge in [-0.25, -0.2) is 4.39 Å². The van der Waals surface area contributed by atoms with Crippen molar-refractivity contribution in [2.24, 2.45) is 5.92 Å². The highest BCUT2D eigenvalue weighted by atomic mass is 19.1. The molecule has 2 atom stereocenters. The smallest absolute Gasteiger partial charge is 0.128 e. The van der Waals surface area contributed by atoms with Gasteiger partial charge in [0, 0.05) is 18.1 Å². The van der Waals surface area contributed by atoms with Crippen molar-refractivity contribution in [3.63, 3.8) is 0 Å². The van der Waals surface area contributed by atoms with Crippen molar-refractivity contribution in [2.45, 2.75) is 25.8 Å². The molecule has 1 N–H and O–H groups in total. The SMILES string of the molecule is CCCNC(COCC1CCOC1)c1ccccc1F. The van der Waals surface area contributed by atoms with Gasteiger partial charge in [-0.1, -0.05) is 25.1 Å². The highest BCUT2D eigenvalue weighted by Crippen LogP contribution is 2.19. The van der Waals surface area contributed by atoms with Crippen molar-refractivity contribution < 1.29 is 13.9 Å². The van der Waals surface area contributed by atoms with E-state index < -0.39 is 0 Å². The second-order valence-electron chi connectivity index (χ2n) is 5.30. The lowest BCUT2D eigenvalue weighted by atomic mass is 10.1. The number of nitrogens with one attached hydrogen (secondary N) is 1. The zero-order valence-corrected chi connectivity index (χ0v) is 12.1. The number of hydrogen-bond acceptors (Lipinski definition) is 3. The molecule has 0 radical (unpaired) electrons. The van der Waals surface area contributed by atoms with Crippen LogP contribution in [0.2, 0.25) is 0 Å². The molecule has 1 aliphatic rings. The minimum atomic E-state index is -0.172. The van der Waals surface area contributed by atoms with Crippen LogP contribution < -0.4 is 5.32 Å². The van der Waals surface area contributed by atoms with E-state index in [-0.39, 0.29) is 11.9 Å². The van der Waals surface area contributed by atoms with Crippen molar-refractivity contribution in [1.82, 2.24) is 5.32 Å². The Kier molecular flexibility index (Phi) is 6.43. The molecule has 1 aromatic rings. The summed E-state index contributed by atoms with van der Waals surface area (Å²) in [6, 6.07) is 6.82. The van der Waals surface area contributed by atoms with Gasteiger partial charge in [0.25, 0.3) is 0 Å². The Morgan fingerprint density at radius 3 is 3.00 bits per heavy atom. The van der Waals surface area contributed by atoms with Crippen LogP contribution in [0.25, 0.3) is 0 Å². The fourth-order valence-corrected chi connectivity index (χ4v) is 2.40. The van der Waals surface area contributed by atoms with Crippen LogP contribution in [0.3, 0.4) is 0 Å².